The zero-order chi connectivity index (χ0) is 58.3. The third-order valence-corrected chi connectivity index (χ3v) is 12.6. The van der Waals surface area contributed by atoms with E-state index < -0.39 is 64.4 Å². The van der Waals surface area contributed by atoms with Crippen molar-refractivity contribution in [3.63, 3.8) is 0 Å². The number of ether oxygens (including phenoxy) is 3. The fourth-order valence-electron chi connectivity index (χ4n) is 7.19. The molecule has 0 aliphatic carbocycles. The normalized spacial score (nSPS) is 14.5. The lowest BCUT2D eigenvalue weighted by atomic mass is 10.1. The Bertz CT molecular complexity index is 1990. The highest BCUT2D eigenvalue weighted by atomic mass is 31.2. The van der Waals surface area contributed by atoms with Crippen LogP contribution < -0.4 is 0 Å². The van der Waals surface area contributed by atoms with Crippen molar-refractivity contribution in [1.29, 1.82) is 0 Å². The maximum atomic E-state index is 12.9. The van der Waals surface area contributed by atoms with Crippen molar-refractivity contribution in [3.8, 4) is 0 Å². The number of aliphatic hydroxyl groups is 1. The van der Waals surface area contributed by atoms with Crippen molar-refractivity contribution in [2.45, 2.75) is 213 Å². The van der Waals surface area contributed by atoms with Crippen LogP contribution in [0.2, 0.25) is 0 Å². The molecular formula is C68H105O11P. The van der Waals surface area contributed by atoms with Gasteiger partial charge < -0.3 is 24.2 Å². The highest BCUT2D eigenvalue weighted by molar-refractivity contribution is 7.47. The van der Waals surface area contributed by atoms with Gasteiger partial charge in [0.1, 0.15) is 12.7 Å². The van der Waals surface area contributed by atoms with Crippen molar-refractivity contribution in [2.75, 3.05) is 26.4 Å². The number of allylic oxidation sites excluding steroid dienone is 28. The first-order valence-corrected chi connectivity index (χ1v) is 31.5. The van der Waals surface area contributed by atoms with Crippen molar-refractivity contribution in [2.24, 2.45) is 0 Å². The molecule has 0 rings (SSSR count). The predicted octanol–water partition coefficient (Wildman–Crippen LogP) is 18.2. The van der Waals surface area contributed by atoms with Gasteiger partial charge in [0.25, 0.3) is 0 Å². The predicted molar refractivity (Wildman–Crippen MR) is 334 cm³/mol. The van der Waals surface area contributed by atoms with Crippen LogP contribution in [0.1, 0.15) is 201 Å². The summed E-state index contributed by atoms with van der Waals surface area (Å²) in [5, 5.41) is 9.84. The van der Waals surface area contributed by atoms with E-state index >= 15 is 0 Å². The number of carbonyl (C=O) groups is 3. The van der Waals surface area contributed by atoms with E-state index in [1.165, 1.54) is 0 Å². The van der Waals surface area contributed by atoms with Gasteiger partial charge in [-0.2, -0.15) is 0 Å². The largest absolute Gasteiger partial charge is 0.472 e. The number of unbranched alkanes of at least 4 members (excludes halogenated alkanes) is 8. The molecular weight excluding hydrogens is 1020 g/mol. The lowest BCUT2D eigenvalue weighted by molar-refractivity contribution is -0.161. The standard InChI is InChI=1S/C68H105O11P/c1-4-7-10-13-16-19-22-25-28-31-32-35-38-41-44-47-50-53-56-59-68(72)79-65(61-75-66(70)57-54-51-48-45-42-39-36-33-29-26-23-20-17-14-11-8-5-2)63-77-80(73,74)76-62-64(60-69)78-67(71)58-55-52-49-46-43-40-37-34-30-27-24-21-18-15-12-9-6-3/h7-12,16-21,25-30,32,35-37,39-41,44,50,53,64-65,69H,4-6,13-15,22-24,31,33-34,38,42-43,45-49,51-52,54-63H2,1-3H3,(H,73,74)/b10-7-,11-8-,12-9-,19-16-,20-17-,21-18-,28-25-,29-26-,30-27-,35-32-,39-36-,40-37-,44-41-,53-50-. The van der Waals surface area contributed by atoms with Crippen LogP contribution in [0.3, 0.4) is 0 Å². The zero-order valence-corrected chi connectivity index (χ0v) is 50.4. The smallest absolute Gasteiger partial charge is 0.462 e. The lowest BCUT2D eigenvalue weighted by Gasteiger charge is -2.21. The van der Waals surface area contributed by atoms with Crippen LogP contribution >= 0.6 is 7.82 Å². The Labute approximate surface area is 485 Å². The molecule has 0 aromatic carbocycles. The molecule has 2 N–H and O–H groups in total. The molecule has 0 saturated heterocycles. The van der Waals surface area contributed by atoms with Crippen LogP contribution in [-0.2, 0) is 42.2 Å². The molecule has 3 atom stereocenters. The average molecular weight is 1130 g/mol. The molecule has 0 saturated carbocycles. The van der Waals surface area contributed by atoms with E-state index in [2.05, 4.69) is 179 Å². The summed E-state index contributed by atoms with van der Waals surface area (Å²) in [6.45, 7) is 4.14. The van der Waals surface area contributed by atoms with Crippen molar-refractivity contribution in [3.05, 3.63) is 170 Å². The van der Waals surface area contributed by atoms with E-state index in [-0.39, 0.29) is 19.3 Å². The van der Waals surface area contributed by atoms with Crippen molar-refractivity contribution >= 4 is 25.7 Å². The van der Waals surface area contributed by atoms with E-state index in [1.54, 1.807) is 0 Å². The second-order valence-corrected chi connectivity index (χ2v) is 20.5. The first-order chi connectivity index (χ1) is 39.2. The van der Waals surface area contributed by atoms with Crippen LogP contribution in [0.15, 0.2) is 170 Å². The Morgan fingerprint density at radius 2 is 0.637 bits per heavy atom. The topological polar surface area (TPSA) is 155 Å². The Kier molecular flexibility index (Phi) is 56.1. The molecule has 0 heterocycles. The highest BCUT2D eigenvalue weighted by Crippen LogP contribution is 2.43. The average Bonchev–Trinajstić information content (AvgIpc) is 3.45. The van der Waals surface area contributed by atoms with Crippen LogP contribution in [0.5, 0.6) is 0 Å². The van der Waals surface area contributed by atoms with Gasteiger partial charge in [-0.3, -0.25) is 23.4 Å². The lowest BCUT2D eigenvalue weighted by Crippen LogP contribution is -2.30. The van der Waals surface area contributed by atoms with E-state index in [0.717, 1.165) is 135 Å². The van der Waals surface area contributed by atoms with Gasteiger partial charge in [-0.1, -0.05) is 217 Å². The fourth-order valence-corrected chi connectivity index (χ4v) is 7.97. The number of esters is 3. The monoisotopic (exact) mass is 1130 g/mol. The molecule has 0 aliphatic heterocycles. The SMILES string of the molecule is CC/C=C\C/C=C\C/C=C\C/C=C\C/C=C\C/C=C\CCC(=O)OC(COC(=O)CCCCCC/C=C\C/C=C\C/C=C\C/C=C\CC)COP(=O)(O)OCC(CO)OC(=O)CCCCCC/C=C\C/C=C\C/C=C\C/C=C\CC. The Hall–Kier alpha value is -5.16. The third kappa shape index (κ3) is 57.5. The molecule has 448 valence electrons. The minimum absolute atomic E-state index is 0.0242. The summed E-state index contributed by atoms with van der Waals surface area (Å²) in [5.74, 6) is -1.64. The summed E-state index contributed by atoms with van der Waals surface area (Å²) >= 11 is 0. The molecule has 0 radical (unpaired) electrons. The van der Waals surface area contributed by atoms with Gasteiger partial charge in [0.2, 0.25) is 0 Å². The van der Waals surface area contributed by atoms with Crippen molar-refractivity contribution in [1.82, 2.24) is 0 Å². The minimum Gasteiger partial charge on any atom is -0.462 e. The summed E-state index contributed by atoms with van der Waals surface area (Å²) in [6, 6.07) is 0. The fraction of sp³-hybridized carbons (Fsp3) is 0.544. The molecule has 11 nitrogen and oxygen atoms in total. The van der Waals surface area contributed by atoms with Gasteiger partial charge in [0.05, 0.1) is 19.8 Å². The second kappa shape index (κ2) is 59.9. The first kappa shape index (κ1) is 74.8. The number of rotatable bonds is 53. The molecule has 12 heteroatoms. The summed E-state index contributed by atoms with van der Waals surface area (Å²) in [4.78, 5) is 48.6. The minimum atomic E-state index is -4.80. The molecule has 0 spiro atoms. The van der Waals surface area contributed by atoms with Gasteiger partial charge in [-0.05, 0) is 135 Å². The van der Waals surface area contributed by atoms with Gasteiger partial charge in [0, 0.05) is 19.3 Å². The van der Waals surface area contributed by atoms with Crippen molar-refractivity contribution < 1.29 is 52.2 Å². The number of phosphoric acid groups is 1. The molecule has 0 bridgehead atoms. The number of aliphatic hydroxyl groups excluding tert-OH is 1. The summed E-state index contributed by atoms with van der Waals surface area (Å²) < 4.78 is 39.5. The second-order valence-electron chi connectivity index (χ2n) is 19.0. The summed E-state index contributed by atoms with van der Waals surface area (Å²) in [6.07, 6.45) is 80.3. The molecule has 0 fully saturated rings. The third-order valence-electron chi connectivity index (χ3n) is 11.6. The van der Waals surface area contributed by atoms with Crippen LogP contribution in [0.25, 0.3) is 0 Å². The number of hydrogen-bond acceptors (Lipinski definition) is 10. The van der Waals surface area contributed by atoms with Crippen LogP contribution in [0, 0.1) is 0 Å². The molecule has 3 unspecified atom stereocenters. The van der Waals surface area contributed by atoms with E-state index in [9.17, 15) is 28.9 Å². The quantitative estimate of drug-likeness (QED) is 0.0197. The highest BCUT2D eigenvalue weighted by Gasteiger charge is 2.28. The van der Waals surface area contributed by atoms with Gasteiger partial charge in [-0.25, -0.2) is 4.57 Å². The molecule has 80 heavy (non-hydrogen) atoms. The van der Waals surface area contributed by atoms with Gasteiger partial charge in [0.15, 0.2) is 6.10 Å². The molecule has 0 aromatic heterocycles. The van der Waals surface area contributed by atoms with E-state index in [1.807, 2.05) is 12.2 Å². The first-order valence-electron chi connectivity index (χ1n) is 30.0. The summed E-state index contributed by atoms with van der Waals surface area (Å²) in [7, 11) is -4.80. The van der Waals surface area contributed by atoms with E-state index in [0.29, 0.717) is 25.7 Å². The number of phosphoric ester groups is 1. The number of hydrogen-bond donors (Lipinski definition) is 2. The number of carbonyl (C=O) groups excluding carboxylic acids is 3. The van der Waals surface area contributed by atoms with Crippen LogP contribution in [0.4, 0.5) is 0 Å². The molecule has 0 aliphatic rings. The van der Waals surface area contributed by atoms with Gasteiger partial charge >= 0.3 is 25.7 Å². The molecule has 0 aromatic rings. The zero-order valence-electron chi connectivity index (χ0n) is 49.5. The van der Waals surface area contributed by atoms with Crippen LogP contribution in [-0.4, -0.2) is 66.5 Å². The maximum Gasteiger partial charge on any atom is 0.472 e. The maximum absolute atomic E-state index is 12.9. The van der Waals surface area contributed by atoms with Gasteiger partial charge in [-0.15, -0.1) is 0 Å². The Morgan fingerprint density at radius 3 is 1.00 bits per heavy atom. The Balaban J connectivity index is 4.92. The van der Waals surface area contributed by atoms with E-state index in [4.69, 9.17) is 23.3 Å². The Morgan fingerprint density at radius 1 is 0.350 bits per heavy atom. The molecule has 0 amide bonds. The summed E-state index contributed by atoms with van der Waals surface area (Å²) in [5.41, 5.74) is 0.